The second-order valence-corrected chi connectivity index (χ2v) is 8.03. The van der Waals surface area contributed by atoms with Crippen LogP contribution in [0.1, 0.15) is 5.69 Å². The molecule has 9 heteroatoms. The van der Waals surface area contributed by atoms with Gasteiger partial charge in [0.15, 0.2) is 4.96 Å². The third-order valence-corrected chi connectivity index (χ3v) is 6.33. The van der Waals surface area contributed by atoms with Crippen molar-refractivity contribution in [3.8, 4) is 22.8 Å². The summed E-state index contributed by atoms with van der Waals surface area (Å²) in [5.41, 5.74) is 2.56. The summed E-state index contributed by atoms with van der Waals surface area (Å²) in [6.45, 7) is 3.82. The van der Waals surface area contributed by atoms with E-state index in [0.29, 0.717) is 26.1 Å². The highest BCUT2D eigenvalue weighted by molar-refractivity contribution is 7.15. The molecule has 0 saturated carbocycles. The van der Waals surface area contributed by atoms with E-state index >= 15 is 0 Å². The summed E-state index contributed by atoms with van der Waals surface area (Å²) in [6.07, 6.45) is 2.29. The van der Waals surface area contributed by atoms with Crippen molar-refractivity contribution in [3.63, 3.8) is 0 Å². The summed E-state index contributed by atoms with van der Waals surface area (Å²) in [6, 6.07) is 5.62. The first-order valence-corrected chi connectivity index (χ1v) is 10.8. The number of carbonyl (C=O) groups excluding carboxylic acids is 1. The Balaban J connectivity index is 1.52. The lowest BCUT2D eigenvalue weighted by molar-refractivity contribution is -0.132. The number of thiazole rings is 1. The van der Waals surface area contributed by atoms with E-state index in [1.54, 1.807) is 14.2 Å². The molecular formula is C21H26N4O4S. The number of hydrogen-bond donors (Lipinski definition) is 1. The quantitative estimate of drug-likeness (QED) is 0.615. The molecule has 1 N–H and O–H groups in total. The highest BCUT2D eigenvalue weighted by atomic mass is 32.1. The van der Waals surface area contributed by atoms with Crippen LogP contribution in [0.15, 0.2) is 29.8 Å². The van der Waals surface area contributed by atoms with Gasteiger partial charge in [0, 0.05) is 55.6 Å². The fraction of sp³-hybridized carbons (Fsp3) is 0.429. The molecule has 0 atom stereocenters. The summed E-state index contributed by atoms with van der Waals surface area (Å²) >= 11 is 1.52. The second kappa shape index (κ2) is 9.03. The van der Waals surface area contributed by atoms with E-state index in [4.69, 9.17) is 19.6 Å². The Morgan fingerprint density at radius 2 is 2.00 bits per heavy atom. The Bertz CT molecular complexity index is 1020. The van der Waals surface area contributed by atoms with Crippen LogP contribution in [0.25, 0.3) is 16.2 Å². The lowest BCUT2D eigenvalue weighted by Gasteiger charge is -2.34. The molecule has 1 aliphatic rings. The van der Waals surface area contributed by atoms with Gasteiger partial charge in [-0.25, -0.2) is 4.98 Å². The van der Waals surface area contributed by atoms with Crippen LogP contribution >= 0.6 is 11.3 Å². The van der Waals surface area contributed by atoms with E-state index in [0.717, 1.165) is 46.5 Å². The average Bonchev–Trinajstić information content (AvgIpc) is 3.36. The zero-order valence-electron chi connectivity index (χ0n) is 17.2. The topological polar surface area (TPSA) is 79.5 Å². The standard InChI is InChI=1S/C21H26N4O4S/c1-28-16-3-4-19(29-2)17(12-16)18-13-25-15(14-30-21(25)22-18)11-20(27)24-7-5-23(6-8-24)9-10-26/h3-4,12-14,26H,5-11H2,1-2H3. The summed E-state index contributed by atoms with van der Waals surface area (Å²) in [5.74, 6) is 1.57. The second-order valence-electron chi connectivity index (χ2n) is 7.19. The van der Waals surface area contributed by atoms with E-state index in [9.17, 15) is 4.79 Å². The number of imidazole rings is 1. The molecule has 3 aromatic rings. The van der Waals surface area contributed by atoms with E-state index in [1.165, 1.54) is 11.3 Å². The van der Waals surface area contributed by atoms with Crippen LogP contribution in [0, 0.1) is 0 Å². The third-order valence-electron chi connectivity index (χ3n) is 5.44. The predicted octanol–water partition coefficient (Wildman–Crippen LogP) is 1.76. The SMILES string of the molecule is COc1ccc(OC)c(-c2cn3c(CC(=O)N4CCN(CCO)CC4)csc3n2)c1. The summed E-state index contributed by atoms with van der Waals surface area (Å²) in [4.78, 5) is 22.5. The fourth-order valence-electron chi connectivity index (χ4n) is 3.73. The summed E-state index contributed by atoms with van der Waals surface area (Å²) in [5, 5.41) is 11.1. The van der Waals surface area contributed by atoms with E-state index in [2.05, 4.69) is 4.90 Å². The molecule has 30 heavy (non-hydrogen) atoms. The minimum absolute atomic E-state index is 0.118. The van der Waals surface area contributed by atoms with Crippen LogP contribution in [0.5, 0.6) is 11.5 Å². The number of nitrogens with zero attached hydrogens (tertiary/aromatic N) is 4. The predicted molar refractivity (Wildman–Crippen MR) is 115 cm³/mol. The van der Waals surface area contributed by atoms with Crippen LogP contribution < -0.4 is 9.47 Å². The molecule has 1 amide bonds. The number of aliphatic hydroxyl groups is 1. The molecule has 0 radical (unpaired) electrons. The molecule has 160 valence electrons. The van der Waals surface area contributed by atoms with E-state index < -0.39 is 0 Å². The first-order valence-electron chi connectivity index (χ1n) is 9.91. The van der Waals surface area contributed by atoms with Gasteiger partial charge in [0.1, 0.15) is 11.5 Å². The lowest BCUT2D eigenvalue weighted by Crippen LogP contribution is -2.49. The summed E-state index contributed by atoms with van der Waals surface area (Å²) < 4.78 is 12.8. The Hall–Kier alpha value is -2.62. The van der Waals surface area contributed by atoms with Crippen molar-refractivity contribution in [2.24, 2.45) is 0 Å². The zero-order valence-corrected chi connectivity index (χ0v) is 18.0. The van der Waals surface area contributed by atoms with Crippen LogP contribution in [-0.4, -0.2) is 83.7 Å². The van der Waals surface area contributed by atoms with Crippen LogP contribution in [0.2, 0.25) is 0 Å². The Morgan fingerprint density at radius 1 is 1.20 bits per heavy atom. The first kappa shape index (κ1) is 20.6. The molecule has 0 spiro atoms. The number of aromatic nitrogens is 2. The molecule has 4 rings (SSSR count). The molecular weight excluding hydrogens is 404 g/mol. The number of amides is 1. The highest BCUT2D eigenvalue weighted by Crippen LogP contribution is 2.34. The number of piperazine rings is 1. The number of fused-ring (bicyclic) bond motifs is 1. The molecule has 0 aliphatic carbocycles. The Morgan fingerprint density at radius 3 is 2.70 bits per heavy atom. The zero-order chi connectivity index (χ0) is 21.1. The summed E-state index contributed by atoms with van der Waals surface area (Å²) in [7, 11) is 3.26. The average molecular weight is 431 g/mol. The molecule has 1 fully saturated rings. The van der Waals surface area contributed by atoms with Crippen molar-refractivity contribution in [2.75, 3.05) is 53.6 Å². The van der Waals surface area contributed by atoms with E-state index in [1.807, 2.05) is 39.1 Å². The van der Waals surface area contributed by atoms with Gasteiger partial charge in [-0.3, -0.25) is 14.1 Å². The van der Waals surface area contributed by atoms with Crippen molar-refractivity contribution in [1.29, 1.82) is 0 Å². The molecule has 2 aromatic heterocycles. The van der Waals surface area contributed by atoms with Crippen molar-refractivity contribution in [2.45, 2.75) is 6.42 Å². The van der Waals surface area contributed by atoms with Gasteiger partial charge < -0.3 is 19.5 Å². The van der Waals surface area contributed by atoms with Crippen molar-refractivity contribution < 1.29 is 19.4 Å². The molecule has 0 bridgehead atoms. The van der Waals surface area contributed by atoms with Gasteiger partial charge in [0.25, 0.3) is 0 Å². The van der Waals surface area contributed by atoms with E-state index in [-0.39, 0.29) is 12.5 Å². The molecule has 1 saturated heterocycles. The smallest absolute Gasteiger partial charge is 0.228 e. The van der Waals surface area contributed by atoms with Gasteiger partial charge in [-0.2, -0.15) is 0 Å². The highest BCUT2D eigenvalue weighted by Gasteiger charge is 2.22. The molecule has 1 aromatic carbocycles. The van der Waals surface area contributed by atoms with Gasteiger partial charge in [0.05, 0.1) is 32.9 Å². The van der Waals surface area contributed by atoms with Crippen LogP contribution in [-0.2, 0) is 11.2 Å². The van der Waals surface area contributed by atoms with Gasteiger partial charge in [0.2, 0.25) is 5.91 Å². The monoisotopic (exact) mass is 430 g/mol. The number of β-amino-alcohol motifs (C(OH)–C–C–N with tert-alkyl or cyclic N) is 1. The van der Waals surface area contributed by atoms with Gasteiger partial charge in [-0.15, -0.1) is 11.3 Å². The molecule has 3 heterocycles. The number of hydrogen-bond acceptors (Lipinski definition) is 7. The first-order chi connectivity index (χ1) is 14.6. The van der Waals surface area contributed by atoms with Crippen molar-refractivity contribution in [3.05, 3.63) is 35.5 Å². The van der Waals surface area contributed by atoms with Crippen molar-refractivity contribution >= 4 is 22.2 Å². The molecule has 1 aliphatic heterocycles. The third kappa shape index (κ3) is 4.14. The van der Waals surface area contributed by atoms with Crippen LogP contribution in [0.3, 0.4) is 0 Å². The normalized spacial score (nSPS) is 15.0. The number of aliphatic hydroxyl groups excluding tert-OH is 1. The largest absolute Gasteiger partial charge is 0.497 e. The maximum absolute atomic E-state index is 12.8. The Labute approximate surface area is 179 Å². The van der Waals surface area contributed by atoms with Gasteiger partial charge in [-0.05, 0) is 18.2 Å². The van der Waals surface area contributed by atoms with Gasteiger partial charge in [-0.1, -0.05) is 0 Å². The Kier molecular flexibility index (Phi) is 6.21. The number of rotatable bonds is 7. The minimum atomic E-state index is 0.118. The fourth-order valence-corrected chi connectivity index (χ4v) is 4.60. The lowest BCUT2D eigenvalue weighted by atomic mass is 10.1. The van der Waals surface area contributed by atoms with Crippen molar-refractivity contribution in [1.82, 2.24) is 19.2 Å². The maximum atomic E-state index is 12.8. The number of carbonyl (C=O) groups is 1. The number of ether oxygens (including phenoxy) is 2. The number of methoxy groups -OCH3 is 2. The van der Waals surface area contributed by atoms with Crippen LogP contribution in [0.4, 0.5) is 0 Å². The van der Waals surface area contributed by atoms with Gasteiger partial charge >= 0.3 is 0 Å². The minimum Gasteiger partial charge on any atom is -0.497 e. The molecule has 8 nitrogen and oxygen atoms in total. The maximum Gasteiger partial charge on any atom is 0.228 e. The number of benzene rings is 1. The molecule has 0 unspecified atom stereocenters.